The van der Waals surface area contributed by atoms with Crippen molar-refractivity contribution in [2.45, 2.75) is 30.7 Å². The Kier molecular flexibility index (Phi) is 11.5. The van der Waals surface area contributed by atoms with E-state index in [9.17, 15) is 55.2 Å². The van der Waals surface area contributed by atoms with Gasteiger partial charge in [0, 0.05) is 29.8 Å². The zero-order chi connectivity index (χ0) is 41.0. The van der Waals surface area contributed by atoms with E-state index in [-0.39, 0.29) is 28.4 Å². The molecule has 17 nitrogen and oxygen atoms in total. The van der Waals surface area contributed by atoms with Gasteiger partial charge >= 0.3 is 11.9 Å². The fourth-order valence-electron chi connectivity index (χ4n) is 5.72. The molecule has 5 atom stereocenters. The molecule has 0 amide bonds. The molecular weight excluding hydrogens is 752 g/mol. The lowest BCUT2D eigenvalue weighted by atomic mass is 9.98. The minimum absolute atomic E-state index is 0.0174. The summed E-state index contributed by atoms with van der Waals surface area (Å²) in [6.07, 6.45) is -4.72. The number of hydrogen-bond acceptors (Lipinski definition) is 17. The molecule has 2 heterocycles. The summed E-state index contributed by atoms with van der Waals surface area (Å²) in [5.74, 6) is -5.55. The Hall–Kier alpha value is -7.21. The van der Waals surface area contributed by atoms with Crippen molar-refractivity contribution in [3.05, 3.63) is 106 Å². The predicted octanol–water partition coefficient (Wildman–Crippen LogP) is 3.41. The summed E-state index contributed by atoms with van der Waals surface area (Å²) >= 11 is 0. The van der Waals surface area contributed by atoms with Crippen LogP contribution in [0.3, 0.4) is 0 Å². The second-order valence-electron chi connectivity index (χ2n) is 12.5. The number of carbonyl (C=O) groups is 2. The van der Waals surface area contributed by atoms with Crippen LogP contribution < -0.4 is 14.9 Å². The first kappa shape index (κ1) is 39.5. The Morgan fingerprint density at radius 3 is 2.14 bits per heavy atom. The van der Waals surface area contributed by atoms with Crippen LogP contribution in [0.1, 0.15) is 11.1 Å². The van der Waals surface area contributed by atoms with E-state index in [1.54, 1.807) is 0 Å². The van der Waals surface area contributed by atoms with Crippen LogP contribution in [-0.4, -0.2) is 97.2 Å². The highest BCUT2D eigenvalue weighted by atomic mass is 16.7. The van der Waals surface area contributed by atoms with Gasteiger partial charge in [-0.15, -0.1) is 0 Å². The van der Waals surface area contributed by atoms with Gasteiger partial charge in [0.15, 0.2) is 41.0 Å². The van der Waals surface area contributed by atoms with Crippen LogP contribution in [0.5, 0.6) is 46.0 Å². The number of methoxy groups -OCH3 is 1. The molecule has 6 rings (SSSR count). The van der Waals surface area contributed by atoms with Gasteiger partial charge in [0.05, 0.1) is 7.11 Å². The molecule has 0 spiro atoms. The standard InChI is InChI=1S/C40H34O17/c1-52-28-14-20(4-10-25(28)44)6-12-31(47)53-18-30-34(49)38(56-32(48)13-5-19-2-8-22(41)9-3-19)36(51)40(55-30)57-39-35(50)33-27(46)16-23(42)17-29(33)54-37(39)21-7-11-24(43)26(45)15-21/h2-17,30,34,36,38,40-46,49,51H,18H2,1H3/b12-6+,13-5+/t30-,34-,36-,38+,40+/m1/s1. The summed E-state index contributed by atoms with van der Waals surface area (Å²) in [5, 5.41) is 82.4. The quantitative estimate of drug-likeness (QED) is 0.0541. The van der Waals surface area contributed by atoms with E-state index in [4.69, 9.17) is 28.1 Å². The van der Waals surface area contributed by atoms with Crippen LogP contribution in [-0.2, 0) is 23.8 Å². The molecule has 0 saturated carbocycles. The number of ether oxygens (including phenoxy) is 5. The van der Waals surface area contributed by atoms with Crippen molar-refractivity contribution in [2.24, 2.45) is 0 Å². The van der Waals surface area contributed by atoms with Gasteiger partial charge in [-0.1, -0.05) is 18.2 Å². The summed E-state index contributed by atoms with van der Waals surface area (Å²) < 4.78 is 33.3. The van der Waals surface area contributed by atoms with E-state index < -0.39 is 94.6 Å². The number of fused-ring (bicyclic) bond motifs is 1. The highest BCUT2D eigenvalue weighted by molar-refractivity contribution is 5.89. The SMILES string of the molecule is COc1cc(/C=C/C(=O)OC[C@H]2O[C@@H](Oc3c(-c4ccc(O)c(O)c4)oc4cc(O)cc(O)c4c3=O)[C@H](O)[C@@H](OC(=O)/C=C/c3ccc(O)cc3)[C@@H]2O)ccc1O. The summed E-state index contributed by atoms with van der Waals surface area (Å²) in [5.41, 5.74) is -0.535. The molecule has 0 unspecified atom stereocenters. The Morgan fingerprint density at radius 1 is 0.737 bits per heavy atom. The maximum absolute atomic E-state index is 14.0. The lowest BCUT2D eigenvalue weighted by Crippen LogP contribution is -2.61. The third-order valence-electron chi connectivity index (χ3n) is 8.59. The number of rotatable bonds is 11. The van der Waals surface area contributed by atoms with Gasteiger partial charge in [-0.25, -0.2) is 9.59 Å². The normalized spacial score (nSPS) is 19.5. The third kappa shape index (κ3) is 8.86. The highest BCUT2D eigenvalue weighted by Crippen LogP contribution is 2.39. The van der Waals surface area contributed by atoms with E-state index in [0.717, 1.165) is 36.4 Å². The number of benzene rings is 4. The van der Waals surface area contributed by atoms with Gasteiger partial charge in [-0.05, 0) is 65.7 Å². The second-order valence-corrected chi connectivity index (χ2v) is 12.5. The molecular formula is C40H34O17. The number of aliphatic hydroxyl groups is 2. The average molecular weight is 787 g/mol. The molecule has 296 valence electrons. The number of esters is 2. The van der Waals surface area contributed by atoms with Gasteiger partial charge in [-0.3, -0.25) is 4.79 Å². The van der Waals surface area contributed by atoms with E-state index in [2.05, 4.69) is 0 Å². The van der Waals surface area contributed by atoms with Crippen molar-refractivity contribution in [3.8, 4) is 57.3 Å². The second kappa shape index (κ2) is 16.7. The molecule has 1 aromatic heterocycles. The number of phenols is 6. The van der Waals surface area contributed by atoms with E-state index in [1.165, 1.54) is 67.8 Å². The average Bonchev–Trinajstić information content (AvgIpc) is 3.18. The third-order valence-corrected chi connectivity index (χ3v) is 8.59. The Bertz CT molecular complexity index is 2420. The van der Waals surface area contributed by atoms with Gasteiger partial charge in [0.1, 0.15) is 47.0 Å². The molecule has 0 bridgehead atoms. The lowest BCUT2D eigenvalue weighted by Gasteiger charge is -2.41. The molecule has 5 aromatic rings. The number of aliphatic hydroxyl groups excluding tert-OH is 2. The predicted molar refractivity (Wildman–Crippen MR) is 198 cm³/mol. The zero-order valence-corrected chi connectivity index (χ0v) is 29.6. The molecule has 57 heavy (non-hydrogen) atoms. The van der Waals surface area contributed by atoms with Crippen molar-refractivity contribution in [1.29, 1.82) is 0 Å². The highest BCUT2D eigenvalue weighted by Gasteiger charge is 2.49. The van der Waals surface area contributed by atoms with E-state index in [0.29, 0.717) is 11.1 Å². The Morgan fingerprint density at radius 2 is 1.42 bits per heavy atom. The first-order valence-electron chi connectivity index (χ1n) is 16.8. The molecule has 0 aliphatic carbocycles. The van der Waals surface area contributed by atoms with E-state index >= 15 is 0 Å². The molecule has 1 saturated heterocycles. The van der Waals surface area contributed by atoms with Gasteiger partial charge in [-0.2, -0.15) is 0 Å². The largest absolute Gasteiger partial charge is 0.508 e. The molecule has 4 aromatic carbocycles. The van der Waals surface area contributed by atoms with Crippen molar-refractivity contribution in [2.75, 3.05) is 13.7 Å². The molecule has 17 heteroatoms. The topological polar surface area (TPSA) is 272 Å². The first-order chi connectivity index (χ1) is 27.2. The Balaban J connectivity index is 1.33. The number of carbonyl (C=O) groups excluding carboxylic acids is 2. The lowest BCUT2D eigenvalue weighted by molar-refractivity contribution is -0.281. The molecule has 1 aliphatic rings. The minimum atomic E-state index is -2.06. The summed E-state index contributed by atoms with van der Waals surface area (Å²) in [4.78, 5) is 39.7. The van der Waals surface area contributed by atoms with Gasteiger partial charge in [0.2, 0.25) is 17.5 Å². The summed E-state index contributed by atoms with van der Waals surface area (Å²) in [6.45, 7) is -0.724. The summed E-state index contributed by atoms with van der Waals surface area (Å²) in [6, 6.07) is 15.2. The molecule has 1 aliphatic heterocycles. The fourth-order valence-corrected chi connectivity index (χ4v) is 5.72. The van der Waals surface area contributed by atoms with Crippen LogP contribution in [0.25, 0.3) is 34.4 Å². The van der Waals surface area contributed by atoms with Crippen LogP contribution in [0.4, 0.5) is 0 Å². The number of phenolic OH excluding ortho intramolecular Hbond substituents is 6. The summed E-state index contributed by atoms with van der Waals surface area (Å²) in [7, 11) is 1.35. The van der Waals surface area contributed by atoms with Crippen LogP contribution in [0, 0.1) is 0 Å². The van der Waals surface area contributed by atoms with Gasteiger partial charge < -0.3 is 69.0 Å². The van der Waals surface area contributed by atoms with Crippen molar-refractivity contribution >= 4 is 35.1 Å². The smallest absolute Gasteiger partial charge is 0.331 e. The molecule has 8 N–H and O–H groups in total. The fraction of sp³-hybridized carbons (Fsp3) is 0.175. The molecule has 1 fully saturated rings. The number of aromatic hydroxyl groups is 6. The van der Waals surface area contributed by atoms with Gasteiger partial charge in [0.25, 0.3) is 0 Å². The maximum Gasteiger partial charge on any atom is 0.331 e. The number of hydrogen-bond donors (Lipinski definition) is 8. The maximum atomic E-state index is 14.0. The molecule has 0 radical (unpaired) electrons. The minimum Gasteiger partial charge on any atom is -0.508 e. The van der Waals surface area contributed by atoms with Crippen LogP contribution in [0.2, 0.25) is 0 Å². The van der Waals surface area contributed by atoms with Crippen molar-refractivity contribution in [3.63, 3.8) is 0 Å². The van der Waals surface area contributed by atoms with Crippen LogP contribution in [0.15, 0.2) is 94.2 Å². The monoisotopic (exact) mass is 786 g/mol. The van der Waals surface area contributed by atoms with Crippen LogP contribution >= 0.6 is 0 Å². The zero-order valence-electron chi connectivity index (χ0n) is 29.6. The van der Waals surface area contributed by atoms with E-state index in [1.807, 2.05) is 0 Å². The van der Waals surface area contributed by atoms with Crippen molar-refractivity contribution < 1.29 is 78.5 Å². The van der Waals surface area contributed by atoms with Crippen molar-refractivity contribution in [1.82, 2.24) is 0 Å². The Labute approximate surface area is 321 Å². The first-order valence-corrected chi connectivity index (χ1v) is 16.8.